The van der Waals surface area contributed by atoms with Gasteiger partial charge in [-0.15, -0.1) is 0 Å². The maximum atomic E-state index is 6.84. The zero-order valence-corrected chi connectivity index (χ0v) is 37.0. The van der Waals surface area contributed by atoms with Gasteiger partial charge < -0.3 is 14.1 Å². The summed E-state index contributed by atoms with van der Waals surface area (Å²) in [6, 6.07) is 64.2. The normalized spacial score (nSPS) is 19.1. The van der Waals surface area contributed by atoms with Crippen LogP contribution in [0.3, 0.4) is 0 Å². The minimum absolute atomic E-state index is 0.0264. The molecule has 9 aromatic rings. The topological polar surface area (TPSA) is 19.6 Å². The van der Waals surface area contributed by atoms with Gasteiger partial charge in [-0.2, -0.15) is 0 Å². The van der Waals surface area contributed by atoms with Crippen molar-refractivity contribution in [3.8, 4) is 44.5 Å². The van der Waals surface area contributed by atoms with Crippen LogP contribution in [0.5, 0.6) is 0 Å². The monoisotopic (exact) mass is 826 g/mol. The Labute approximate surface area is 377 Å². The number of furan rings is 1. The molecule has 0 radical (unpaired) electrons. The van der Waals surface area contributed by atoms with Crippen molar-refractivity contribution in [3.05, 3.63) is 181 Å². The molecule has 310 valence electrons. The fourth-order valence-corrected chi connectivity index (χ4v) is 12.6. The lowest BCUT2D eigenvalue weighted by Crippen LogP contribution is -2.70. The predicted octanol–water partition coefficient (Wildman–Crippen LogP) is 14.9. The Morgan fingerprint density at radius 1 is 0.547 bits per heavy atom. The summed E-state index contributed by atoms with van der Waals surface area (Å²) >= 11 is 0. The van der Waals surface area contributed by atoms with Gasteiger partial charge in [0.2, 0.25) is 0 Å². The van der Waals surface area contributed by atoms with Gasteiger partial charge in [0.1, 0.15) is 11.2 Å². The van der Waals surface area contributed by atoms with Crippen molar-refractivity contribution in [2.24, 2.45) is 0 Å². The number of aryl methyl sites for hydroxylation is 1. The summed E-state index contributed by atoms with van der Waals surface area (Å²) in [6.45, 7) is 7.47. The molecule has 1 saturated carbocycles. The molecule has 1 fully saturated rings. The second kappa shape index (κ2) is 14.1. The van der Waals surface area contributed by atoms with E-state index in [1.54, 1.807) is 0 Å². The lowest BCUT2D eigenvalue weighted by Gasteiger charge is -2.55. The fourth-order valence-electron chi connectivity index (χ4n) is 12.6. The number of fused-ring (bicyclic) bond motifs is 10. The molecule has 4 heterocycles. The predicted molar refractivity (Wildman–Crippen MR) is 270 cm³/mol. The average molecular weight is 827 g/mol. The van der Waals surface area contributed by atoms with Crippen LogP contribution >= 0.6 is 0 Å². The van der Waals surface area contributed by atoms with Crippen LogP contribution in [-0.4, -0.2) is 12.4 Å². The number of para-hydroxylation sites is 1. The van der Waals surface area contributed by atoms with Crippen molar-refractivity contribution < 1.29 is 4.42 Å². The van der Waals surface area contributed by atoms with Crippen molar-refractivity contribution in [2.45, 2.75) is 76.7 Å². The molecule has 8 aromatic carbocycles. The van der Waals surface area contributed by atoms with Gasteiger partial charge in [0.15, 0.2) is 0 Å². The molecular formula is C60H51BN2O. The van der Waals surface area contributed by atoms with E-state index in [-0.39, 0.29) is 17.8 Å². The summed E-state index contributed by atoms with van der Waals surface area (Å²) in [5.74, 6) is 0. The number of hydrogen-bond acceptors (Lipinski definition) is 3. The zero-order chi connectivity index (χ0) is 42.7. The second-order valence-electron chi connectivity index (χ2n) is 19.4. The number of hydrogen-bond donors (Lipinski definition) is 0. The standard InChI is InChI=1S/C60H51BN2O/c1-4-5-19-39-28-29-52(46(32-39)42-24-13-8-14-25-42)62-53-37-47-45-26-15-16-27-55(45)64-56(47)38-51(53)61-57-48(33-44(36-54(57)62)41-22-11-7-12-23-41)49-34-43(40-20-9-6-10-21-40)35-50-58(49)63(61)60(3)31-18-17-30-59(50,60)2/h6-16,20-29,32-38H,4-5,17-19,30-31H2,1-3H3. The van der Waals surface area contributed by atoms with Gasteiger partial charge in [0.05, 0.1) is 5.69 Å². The molecule has 4 aliphatic rings. The van der Waals surface area contributed by atoms with Crippen LogP contribution in [-0.2, 0) is 11.8 Å². The number of unbranched alkanes of at least 4 members (excludes halogenated alkanes) is 1. The Hall–Kier alpha value is -6.78. The Morgan fingerprint density at radius 2 is 1.22 bits per heavy atom. The van der Waals surface area contributed by atoms with E-state index in [0.717, 1.165) is 34.8 Å². The molecule has 2 atom stereocenters. The highest BCUT2D eigenvalue weighted by Crippen LogP contribution is 2.64. The molecule has 13 rings (SSSR count). The molecule has 1 aliphatic carbocycles. The fraction of sp³-hybridized carbons (Fsp3) is 0.200. The molecule has 4 heteroatoms. The van der Waals surface area contributed by atoms with Gasteiger partial charge in [-0.1, -0.05) is 148 Å². The van der Waals surface area contributed by atoms with E-state index in [2.05, 4.69) is 200 Å². The van der Waals surface area contributed by atoms with E-state index in [4.69, 9.17) is 4.42 Å². The first-order valence-corrected chi connectivity index (χ1v) is 23.6. The summed E-state index contributed by atoms with van der Waals surface area (Å²) in [7, 11) is 0. The molecule has 3 nitrogen and oxygen atoms in total. The maximum absolute atomic E-state index is 6.84. The van der Waals surface area contributed by atoms with Gasteiger partial charge in [-0.05, 0) is 143 Å². The number of nitrogens with zero attached hydrogens (tertiary/aromatic N) is 2. The number of anilines is 4. The van der Waals surface area contributed by atoms with Crippen LogP contribution in [0, 0.1) is 0 Å². The van der Waals surface area contributed by atoms with Gasteiger partial charge in [0, 0.05) is 49.9 Å². The summed E-state index contributed by atoms with van der Waals surface area (Å²) < 4.78 is 6.84. The second-order valence-corrected chi connectivity index (χ2v) is 19.4. The highest BCUT2D eigenvalue weighted by atomic mass is 16.3. The van der Waals surface area contributed by atoms with Crippen molar-refractivity contribution in [3.63, 3.8) is 0 Å². The molecule has 0 amide bonds. The van der Waals surface area contributed by atoms with Crippen LogP contribution in [0.1, 0.15) is 70.4 Å². The summed E-state index contributed by atoms with van der Waals surface area (Å²) in [4.78, 5) is 5.59. The van der Waals surface area contributed by atoms with E-state index in [0.29, 0.717) is 0 Å². The van der Waals surface area contributed by atoms with Crippen LogP contribution in [0.15, 0.2) is 174 Å². The van der Waals surface area contributed by atoms with Crippen molar-refractivity contribution >= 4 is 62.5 Å². The SMILES string of the molecule is CCCCc1ccc(N2c3cc4c(cc3B3c5c(cc(-c6ccccc6)cc52)-c2cc(-c5ccccc5)cc5c2N3C2(C)CCCCC52C)oc2ccccc24)c(-c2ccccc2)c1. The van der Waals surface area contributed by atoms with E-state index in [1.807, 2.05) is 0 Å². The summed E-state index contributed by atoms with van der Waals surface area (Å²) in [5, 5.41) is 2.31. The van der Waals surface area contributed by atoms with Crippen LogP contribution in [0.25, 0.3) is 66.4 Å². The van der Waals surface area contributed by atoms with Crippen molar-refractivity contribution in [1.29, 1.82) is 0 Å². The van der Waals surface area contributed by atoms with Gasteiger partial charge in [0.25, 0.3) is 0 Å². The molecule has 0 spiro atoms. The van der Waals surface area contributed by atoms with Gasteiger partial charge in [-0.25, -0.2) is 0 Å². The summed E-state index contributed by atoms with van der Waals surface area (Å²) in [6.07, 6.45) is 8.17. The minimum Gasteiger partial charge on any atom is -0.456 e. The van der Waals surface area contributed by atoms with Crippen LogP contribution < -0.4 is 20.6 Å². The first-order valence-electron chi connectivity index (χ1n) is 23.6. The smallest absolute Gasteiger partial charge is 0.329 e. The highest BCUT2D eigenvalue weighted by molar-refractivity contribution is 6.93. The molecule has 64 heavy (non-hydrogen) atoms. The maximum Gasteiger partial charge on any atom is 0.329 e. The van der Waals surface area contributed by atoms with E-state index < -0.39 is 0 Å². The molecule has 1 aromatic heterocycles. The van der Waals surface area contributed by atoms with Crippen LogP contribution in [0.2, 0.25) is 0 Å². The number of benzene rings is 8. The zero-order valence-electron chi connectivity index (χ0n) is 37.0. The number of rotatable bonds is 7. The highest BCUT2D eigenvalue weighted by Gasteiger charge is 2.63. The first kappa shape index (κ1) is 37.8. The Morgan fingerprint density at radius 3 is 1.97 bits per heavy atom. The van der Waals surface area contributed by atoms with Crippen LogP contribution in [0.4, 0.5) is 22.7 Å². The third-order valence-electron chi connectivity index (χ3n) is 16.0. The Bertz CT molecular complexity index is 3320. The summed E-state index contributed by atoms with van der Waals surface area (Å²) in [5.41, 5.74) is 22.6. The van der Waals surface area contributed by atoms with E-state index in [9.17, 15) is 0 Å². The molecular weight excluding hydrogens is 775 g/mol. The quantitative estimate of drug-likeness (QED) is 0.149. The Balaban J connectivity index is 1.19. The lowest BCUT2D eigenvalue weighted by atomic mass is 9.42. The van der Waals surface area contributed by atoms with E-state index >= 15 is 0 Å². The third kappa shape index (κ3) is 5.29. The average Bonchev–Trinajstić information content (AvgIpc) is 3.81. The third-order valence-corrected chi connectivity index (χ3v) is 16.0. The Kier molecular flexibility index (Phi) is 8.32. The van der Waals surface area contributed by atoms with Crippen molar-refractivity contribution in [2.75, 3.05) is 9.71 Å². The molecule has 0 N–H and O–H groups in total. The molecule has 0 bridgehead atoms. The van der Waals surface area contributed by atoms with Gasteiger partial charge >= 0.3 is 6.85 Å². The van der Waals surface area contributed by atoms with E-state index in [1.165, 1.54) is 121 Å². The minimum atomic E-state index is -0.117. The molecule has 2 unspecified atom stereocenters. The largest absolute Gasteiger partial charge is 0.456 e. The van der Waals surface area contributed by atoms with Gasteiger partial charge in [-0.3, -0.25) is 0 Å². The lowest BCUT2D eigenvalue weighted by molar-refractivity contribution is 0.199. The molecule has 0 saturated heterocycles. The molecule has 3 aliphatic heterocycles. The first-order chi connectivity index (χ1) is 31.4. The van der Waals surface area contributed by atoms with Crippen molar-refractivity contribution in [1.82, 2.24) is 0 Å².